The van der Waals surface area contributed by atoms with Crippen molar-refractivity contribution in [2.24, 2.45) is 0 Å². The van der Waals surface area contributed by atoms with E-state index in [-0.39, 0.29) is 0 Å². The van der Waals surface area contributed by atoms with E-state index in [9.17, 15) is 4.39 Å². The SMILES string of the molecule is CCC(CC)Nc1nc(OC)c(-c2ccccc2C(F)Cl)nc1C. The Kier molecular flexibility index (Phi) is 6.37. The van der Waals surface area contributed by atoms with Gasteiger partial charge >= 0.3 is 0 Å². The fraction of sp³-hybridized carbons (Fsp3) is 0.444. The Morgan fingerprint density at radius 1 is 1.21 bits per heavy atom. The van der Waals surface area contributed by atoms with E-state index in [1.165, 1.54) is 7.11 Å². The van der Waals surface area contributed by atoms with E-state index in [4.69, 9.17) is 16.3 Å². The minimum absolute atomic E-state index is 0.318. The molecule has 1 aromatic carbocycles. The van der Waals surface area contributed by atoms with E-state index < -0.39 is 5.63 Å². The van der Waals surface area contributed by atoms with Gasteiger partial charge in [0.2, 0.25) is 5.88 Å². The molecule has 0 saturated heterocycles. The first-order valence-electron chi connectivity index (χ1n) is 8.08. The van der Waals surface area contributed by atoms with E-state index >= 15 is 0 Å². The average molecular weight is 352 g/mol. The van der Waals surface area contributed by atoms with Gasteiger partial charge in [-0.25, -0.2) is 9.37 Å². The number of alkyl halides is 2. The maximum atomic E-state index is 13.7. The molecule has 0 radical (unpaired) electrons. The van der Waals surface area contributed by atoms with Crippen molar-refractivity contribution in [3.05, 3.63) is 35.5 Å². The predicted octanol–water partition coefficient (Wildman–Crippen LogP) is 5.27. The lowest BCUT2D eigenvalue weighted by atomic mass is 10.0. The molecule has 0 bridgehead atoms. The zero-order chi connectivity index (χ0) is 17.7. The highest BCUT2D eigenvalue weighted by molar-refractivity contribution is 6.20. The van der Waals surface area contributed by atoms with Gasteiger partial charge in [-0.05, 0) is 19.8 Å². The molecular weight excluding hydrogens is 329 g/mol. The number of hydrogen-bond donors (Lipinski definition) is 1. The van der Waals surface area contributed by atoms with Gasteiger partial charge in [-0.2, -0.15) is 4.98 Å². The maximum absolute atomic E-state index is 13.7. The molecule has 0 aliphatic carbocycles. The highest BCUT2D eigenvalue weighted by Gasteiger charge is 2.20. The summed E-state index contributed by atoms with van der Waals surface area (Å²) < 4.78 is 19.1. The molecule has 0 saturated carbocycles. The molecule has 2 aromatic rings. The molecule has 2 rings (SSSR count). The average Bonchev–Trinajstić information content (AvgIpc) is 2.60. The number of ether oxygens (including phenoxy) is 1. The summed E-state index contributed by atoms with van der Waals surface area (Å²) >= 11 is 5.66. The number of aromatic nitrogens is 2. The summed E-state index contributed by atoms with van der Waals surface area (Å²) in [6.45, 7) is 6.11. The van der Waals surface area contributed by atoms with Crippen LogP contribution < -0.4 is 10.1 Å². The van der Waals surface area contributed by atoms with E-state index in [0.717, 1.165) is 18.5 Å². The number of halogens is 2. The second kappa shape index (κ2) is 8.29. The van der Waals surface area contributed by atoms with Crippen LogP contribution in [-0.4, -0.2) is 23.1 Å². The van der Waals surface area contributed by atoms with Crippen LogP contribution in [0.25, 0.3) is 11.3 Å². The number of nitrogens with zero attached hydrogens (tertiary/aromatic N) is 2. The summed E-state index contributed by atoms with van der Waals surface area (Å²) in [5, 5.41) is 3.38. The third-order valence-corrected chi connectivity index (χ3v) is 4.24. The predicted molar refractivity (Wildman–Crippen MR) is 96.5 cm³/mol. The first-order chi connectivity index (χ1) is 11.5. The number of benzene rings is 1. The second-order valence-electron chi connectivity index (χ2n) is 5.56. The Morgan fingerprint density at radius 3 is 2.46 bits per heavy atom. The lowest BCUT2D eigenvalue weighted by molar-refractivity contribution is 0.397. The van der Waals surface area contributed by atoms with Crippen LogP contribution in [0, 0.1) is 6.92 Å². The smallest absolute Gasteiger partial charge is 0.242 e. The molecule has 6 heteroatoms. The van der Waals surface area contributed by atoms with Crippen LogP contribution in [0.15, 0.2) is 24.3 Å². The van der Waals surface area contributed by atoms with E-state index in [1.54, 1.807) is 18.2 Å². The number of methoxy groups -OCH3 is 1. The van der Waals surface area contributed by atoms with Crippen LogP contribution in [0.1, 0.15) is 43.6 Å². The van der Waals surface area contributed by atoms with Crippen LogP contribution in [0.2, 0.25) is 0 Å². The topological polar surface area (TPSA) is 47.0 Å². The largest absolute Gasteiger partial charge is 0.479 e. The highest BCUT2D eigenvalue weighted by atomic mass is 35.5. The summed E-state index contributed by atoms with van der Waals surface area (Å²) in [6, 6.07) is 7.28. The fourth-order valence-electron chi connectivity index (χ4n) is 2.55. The molecule has 0 aliphatic rings. The number of rotatable bonds is 7. The Morgan fingerprint density at radius 2 is 1.88 bits per heavy atom. The van der Waals surface area contributed by atoms with Crippen LogP contribution >= 0.6 is 11.6 Å². The Balaban J connectivity index is 2.51. The molecule has 1 heterocycles. The van der Waals surface area contributed by atoms with Crippen LogP contribution in [0.4, 0.5) is 10.2 Å². The van der Waals surface area contributed by atoms with Crippen LogP contribution in [-0.2, 0) is 0 Å². The van der Waals surface area contributed by atoms with Gasteiger partial charge in [0.1, 0.15) is 5.69 Å². The van der Waals surface area contributed by atoms with Gasteiger partial charge in [0.25, 0.3) is 0 Å². The minimum atomic E-state index is -1.62. The minimum Gasteiger partial charge on any atom is -0.479 e. The van der Waals surface area contributed by atoms with Crippen molar-refractivity contribution < 1.29 is 9.13 Å². The molecular formula is C18H23ClFN3O. The summed E-state index contributed by atoms with van der Waals surface area (Å²) in [7, 11) is 1.53. The molecule has 4 nitrogen and oxygen atoms in total. The van der Waals surface area contributed by atoms with Gasteiger partial charge in [0, 0.05) is 17.2 Å². The lowest BCUT2D eigenvalue weighted by Crippen LogP contribution is -2.19. The standard InChI is InChI=1S/C18H23ClFN3O/c1-5-12(6-2)22-17-11(3)21-15(18(23-17)24-4)13-9-7-8-10-14(13)16(19)20/h7-10,12,16H,5-6H2,1-4H3,(H,22,23). The molecule has 0 aliphatic heterocycles. The monoisotopic (exact) mass is 351 g/mol. The molecule has 0 fully saturated rings. The molecule has 1 N–H and O–H groups in total. The fourth-order valence-corrected chi connectivity index (χ4v) is 2.74. The molecule has 1 atom stereocenters. The second-order valence-corrected chi connectivity index (χ2v) is 5.94. The van der Waals surface area contributed by atoms with Crippen molar-refractivity contribution in [1.82, 2.24) is 9.97 Å². The van der Waals surface area contributed by atoms with Gasteiger partial charge < -0.3 is 10.1 Å². The zero-order valence-electron chi connectivity index (χ0n) is 14.4. The Bertz CT molecular complexity index is 690. The van der Waals surface area contributed by atoms with Crippen molar-refractivity contribution in [1.29, 1.82) is 0 Å². The molecule has 1 aromatic heterocycles. The lowest BCUT2D eigenvalue weighted by Gasteiger charge is -2.19. The summed E-state index contributed by atoms with van der Waals surface area (Å²) in [4.78, 5) is 9.15. The first-order valence-corrected chi connectivity index (χ1v) is 8.52. The van der Waals surface area contributed by atoms with Crippen molar-refractivity contribution >= 4 is 17.4 Å². The van der Waals surface area contributed by atoms with Crippen molar-refractivity contribution in [2.45, 2.75) is 45.3 Å². The summed E-state index contributed by atoms with van der Waals surface area (Å²) in [6.07, 6.45) is 1.97. The summed E-state index contributed by atoms with van der Waals surface area (Å²) in [5.41, 5.74) is 0.547. The molecule has 130 valence electrons. The highest BCUT2D eigenvalue weighted by Crippen LogP contribution is 2.36. The van der Waals surface area contributed by atoms with Crippen molar-refractivity contribution in [2.75, 3.05) is 12.4 Å². The Hall–Kier alpha value is -1.88. The Labute approximate surface area is 147 Å². The van der Waals surface area contributed by atoms with E-state index in [0.29, 0.717) is 34.6 Å². The van der Waals surface area contributed by atoms with Gasteiger partial charge in [-0.3, -0.25) is 0 Å². The molecule has 1 unspecified atom stereocenters. The molecule has 24 heavy (non-hydrogen) atoms. The maximum Gasteiger partial charge on any atom is 0.242 e. The molecule has 0 amide bonds. The normalized spacial score (nSPS) is 12.3. The zero-order valence-corrected chi connectivity index (χ0v) is 15.2. The third kappa shape index (κ3) is 3.96. The number of hydrogen-bond acceptors (Lipinski definition) is 4. The number of aryl methyl sites for hydroxylation is 1. The molecule has 0 spiro atoms. The van der Waals surface area contributed by atoms with Crippen LogP contribution in [0.3, 0.4) is 0 Å². The first kappa shape index (κ1) is 18.5. The van der Waals surface area contributed by atoms with Gasteiger partial charge in [-0.15, -0.1) is 0 Å². The van der Waals surface area contributed by atoms with E-state index in [2.05, 4.69) is 29.1 Å². The van der Waals surface area contributed by atoms with E-state index in [1.807, 2.05) is 13.0 Å². The van der Waals surface area contributed by atoms with Crippen LogP contribution in [0.5, 0.6) is 5.88 Å². The third-order valence-electron chi connectivity index (χ3n) is 4.01. The van der Waals surface area contributed by atoms with Crippen molar-refractivity contribution in [3.8, 4) is 17.1 Å². The van der Waals surface area contributed by atoms with Gasteiger partial charge in [0.05, 0.1) is 12.8 Å². The quantitative estimate of drug-likeness (QED) is 0.690. The van der Waals surface area contributed by atoms with Gasteiger partial charge in [-0.1, -0.05) is 49.7 Å². The van der Waals surface area contributed by atoms with Crippen molar-refractivity contribution in [3.63, 3.8) is 0 Å². The van der Waals surface area contributed by atoms with Gasteiger partial charge in [0.15, 0.2) is 11.4 Å². The number of anilines is 1. The summed E-state index contributed by atoms with van der Waals surface area (Å²) in [5.74, 6) is 1.03. The number of nitrogens with one attached hydrogen (secondary N) is 1.